The molecule has 25 heavy (non-hydrogen) atoms. The average molecular weight is 491 g/mol. The molecule has 1 aromatic heterocycles. The molecule has 0 unspecified atom stereocenters. The van der Waals surface area contributed by atoms with Gasteiger partial charge in [-0.1, -0.05) is 0 Å². The lowest BCUT2D eigenvalue weighted by Gasteiger charge is -2.10. The highest BCUT2D eigenvalue weighted by atomic mass is 79.9. The molecule has 0 aliphatic rings. The molecule has 10 heteroatoms. The summed E-state index contributed by atoms with van der Waals surface area (Å²) in [6.45, 7) is 2.80. The maximum Gasteiger partial charge on any atom is 0.358 e. The molecule has 0 aliphatic carbocycles. The van der Waals surface area contributed by atoms with Crippen LogP contribution in [0.2, 0.25) is 0 Å². The Kier molecular flexibility index (Phi) is 6.68. The largest absolute Gasteiger partial charge is 0.451 e. The minimum absolute atomic E-state index is 0.0271. The lowest BCUT2D eigenvalue weighted by molar-refractivity contribution is -0.119. The Morgan fingerprint density at radius 2 is 1.84 bits per heavy atom. The predicted molar refractivity (Wildman–Crippen MR) is 102 cm³/mol. The summed E-state index contributed by atoms with van der Waals surface area (Å²) in [7, 11) is 0. The summed E-state index contributed by atoms with van der Waals surface area (Å²) >= 11 is 7.83. The molecule has 1 heterocycles. The second-order valence-electron chi connectivity index (χ2n) is 4.95. The van der Waals surface area contributed by atoms with Crippen LogP contribution >= 0.6 is 43.2 Å². The first-order valence-electron chi connectivity index (χ1n) is 6.92. The smallest absolute Gasteiger partial charge is 0.358 e. The second-order valence-corrected chi connectivity index (χ2v) is 7.51. The van der Waals surface area contributed by atoms with Crippen molar-refractivity contribution in [3.63, 3.8) is 0 Å². The van der Waals surface area contributed by atoms with Crippen molar-refractivity contribution in [3.05, 3.63) is 37.7 Å². The molecule has 7 nitrogen and oxygen atoms in total. The molecule has 0 saturated carbocycles. The highest BCUT2D eigenvalue weighted by molar-refractivity contribution is 9.11. The van der Waals surface area contributed by atoms with Gasteiger partial charge in [0.05, 0.1) is 5.69 Å². The molecule has 0 atom stereocenters. The van der Waals surface area contributed by atoms with Crippen LogP contribution in [0.5, 0.6) is 0 Å². The van der Waals surface area contributed by atoms with E-state index in [0.29, 0.717) is 14.6 Å². The zero-order valence-electron chi connectivity index (χ0n) is 13.2. The topological polar surface area (TPSA) is 97.4 Å². The number of aromatic nitrogens is 1. The number of amides is 2. The number of benzene rings is 1. The molecule has 132 valence electrons. The van der Waals surface area contributed by atoms with Crippen LogP contribution in [0.25, 0.3) is 0 Å². The molecule has 0 aliphatic heterocycles. The van der Waals surface area contributed by atoms with Crippen molar-refractivity contribution in [3.8, 4) is 0 Å². The van der Waals surface area contributed by atoms with Gasteiger partial charge < -0.3 is 15.4 Å². The molecule has 2 aromatic rings. The minimum atomic E-state index is -0.745. The first kappa shape index (κ1) is 19.5. The third-order valence-electron chi connectivity index (χ3n) is 2.78. The molecule has 2 rings (SSSR count). The van der Waals surface area contributed by atoms with Crippen LogP contribution in [-0.4, -0.2) is 29.4 Å². The first-order valence-corrected chi connectivity index (χ1v) is 9.38. The number of carbonyl (C=O) groups is 3. The Hall–Kier alpha value is -1.78. The maximum absolute atomic E-state index is 12.0. The van der Waals surface area contributed by atoms with Crippen molar-refractivity contribution in [2.45, 2.75) is 13.8 Å². The van der Waals surface area contributed by atoms with Gasteiger partial charge in [-0.25, -0.2) is 9.78 Å². The van der Waals surface area contributed by atoms with Crippen LogP contribution in [0.4, 0.5) is 10.8 Å². The van der Waals surface area contributed by atoms with Crippen molar-refractivity contribution in [2.24, 2.45) is 0 Å². The van der Waals surface area contributed by atoms with Gasteiger partial charge in [0.2, 0.25) is 5.91 Å². The summed E-state index contributed by atoms with van der Waals surface area (Å²) < 4.78 is 6.35. The van der Waals surface area contributed by atoms with E-state index in [4.69, 9.17) is 4.74 Å². The molecule has 1 aromatic carbocycles. The summed E-state index contributed by atoms with van der Waals surface area (Å²) in [5.74, 6) is -1.52. The number of ether oxygens (including phenoxy) is 1. The van der Waals surface area contributed by atoms with Gasteiger partial charge in [-0.15, -0.1) is 11.3 Å². The third kappa shape index (κ3) is 5.62. The number of halogens is 2. The van der Waals surface area contributed by atoms with E-state index in [2.05, 4.69) is 47.5 Å². The SMILES string of the molecule is CC(=O)Nc1nc(C(=O)OCC(=O)Nc2c(Br)cc(C)cc2Br)cs1. The van der Waals surface area contributed by atoms with Crippen molar-refractivity contribution in [1.82, 2.24) is 4.98 Å². The zero-order chi connectivity index (χ0) is 18.6. The van der Waals surface area contributed by atoms with E-state index in [1.54, 1.807) is 0 Å². The van der Waals surface area contributed by atoms with E-state index >= 15 is 0 Å². The Balaban J connectivity index is 1.92. The number of carbonyl (C=O) groups excluding carboxylic acids is 3. The molecule has 2 N–H and O–H groups in total. The quantitative estimate of drug-likeness (QED) is 0.622. The van der Waals surface area contributed by atoms with Crippen molar-refractivity contribution >= 4 is 71.8 Å². The van der Waals surface area contributed by atoms with E-state index in [-0.39, 0.29) is 16.7 Å². The lowest BCUT2D eigenvalue weighted by Crippen LogP contribution is -2.21. The predicted octanol–water partition coefficient (Wildman–Crippen LogP) is 3.73. The molecule has 0 fully saturated rings. The van der Waals surface area contributed by atoms with Gasteiger partial charge in [0.15, 0.2) is 17.4 Å². The number of aryl methyl sites for hydroxylation is 1. The zero-order valence-corrected chi connectivity index (χ0v) is 17.2. The van der Waals surface area contributed by atoms with Gasteiger partial charge in [0.1, 0.15) is 0 Å². The van der Waals surface area contributed by atoms with E-state index < -0.39 is 18.5 Å². The Morgan fingerprint density at radius 1 is 1.20 bits per heavy atom. The summed E-state index contributed by atoms with van der Waals surface area (Å²) in [6.07, 6.45) is 0. The number of thiazole rings is 1. The molecular formula is C15H13Br2N3O4S. The van der Waals surface area contributed by atoms with Crippen LogP contribution in [0.15, 0.2) is 26.5 Å². The molecule has 0 bridgehead atoms. The van der Waals surface area contributed by atoms with Crippen LogP contribution < -0.4 is 10.6 Å². The number of hydrogen-bond donors (Lipinski definition) is 2. The van der Waals surface area contributed by atoms with Crippen LogP contribution in [0.3, 0.4) is 0 Å². The lowest BCUT2D eigenvalue weighted by atomic mass is 10.2. The molecule has 2 amide bonds. The molecular weight excluding hydrogens is 478 g/mol. The second kappa shape index (κ2) is 8.54. The number of esters is 1. The first-order chi connectivity index (χ1) is 11.8. The van der Waals surface area contributed by atoms with Gasteiger partial charge >= 0.3 is 5.97 Å². The normalized spacial score (nSPS) is 10.2. The van der Waals surface area contributed by atoms with Crippen molar-refractivity contribution in [1.29, 1.82) is 0 Å². The Morgan fingerprint density at radius 3 is 2.44 bits per heavy atom. The number of hydrogen-bond acceptors (Lipinski definition) is 6. The van der Waals surface area contributed by atoms with Gasteiger partial charge in [0, 0.05) is 21.2 Å². The summed E-state index contributed by atoms with van der Waals surface area (Å²) in [6, 6.07) is 3.70. The van der Waals surface area contributed by atoms with Gasteiger partial charge in [-0.05, 0) is 56.5 Å². The van der Waals surface area contributed by atoms with Crippen LogP contribution in [0, 0.1) is 6.92 Å². The fourth-order valence-corrected chi connectivity index (χ4v) is 4.11. The monoisotopic (exact) mass is 489 g/mol. The summed E-state index contributed by atoms with van der Waals surface area (Å²) in [4.78, 5) is 38.7. The number of rotatable bonds is 5. The fraction of sp³-hybridized carbons (Fsp3) is 0.200. The average Bonchev–Trinajstić information content (AvgIpc) is 2.96. The van der Waals surface area contributed by atoms with E-state index in [9.17, 15) is 14.4 Å². The number of anilines is 2. The highest BCUT2D eigenvalue weighted by Gasteiger charge is 2.16. The molecule has 0 saturated heterocycles. The van der Waals surface area contributed by atoms with Crippen LogP contribution in [0.1, 0.15) is 23.0 Å². The van der Waals surface area contributed by atoms with Crippen LogP contribution in [-0.2, 0) is 14.3 Å². The molecule has 0 radical (unpaired) electrons. The highest BCUT2D eigenvalue weighted by Crippen LogP contribution is 2.32. The van der Waals surface area contributed by atoms with Gasteiger partial charge in [-0.2, -0.15) is 0 Å². The Labute approximate surface area is 164 Å². The van der Waals surface area contributed by atoms with E-state index in [0.717, 1.165) is 16.9 Å². The van der Waals surface area contributed by atoms with E-state index in [1.165, 1.54) is 12.3 Å². The maximum atomic E-state index is 12.0. The third-order valence-corrected chi connectivity index (χ3v) is 4.79. The van der Waals surface area contributed by atoms with Crippen molar-refractivity contribution < 1.29 is 19.1 Å². The standard InChI is InChI=1S/C15H13Br2N3O4S/c1-7-3-9(16)13(10(17)4-7)20-12(22)5-24-14(23)11-6-25-15(19-11)18-8(2)21/h3-4,6H,5H2,1-2H3,(H,20,22)(H,18,19,21). The molecule has 0 spiro atoms. The fourth-order valence-electron chi connectivity index (χ4n) is 1.78. The number of nitrogens with zero attached hydrogens (tertiary/aromatic N) is 1. The van der Waals surface area contributed by atoms with Crippen molar-refractivity contribution in [2.75, 3.05) is 17.2 Å². The Bertz CT molecular complexity index is 815. The minimum Gasteiger partial charge on any atom is -0.451 e. The van der Waals surface area contributed by atoms with E-state index in [1.807, 2.05) is 19.1 Å². The number of nitrogens with one attached hydrogen (secondary N) is 2. The van der Waals surface area contributed by atoms with Gasteiger partial charge in [0.25, 0.3) is 5.91 Å². The summed E-state index contributed by atoms with van der Waals surface area (Å²) in [5, 5.41) is 6.86. The van der Waals surface area contributed by atoms with Gasteiger partial charge in [-0.3, -0.25) is 9.59 Å². The summed E-state index contributed by atoms with van der Waals surface area (Å²) in [5.41, 5.74) is 1.59.